The maximum atomic E-state index is 5.93. The molecule has 12 heavy (non-hydrogen) atoms. The Kier molecular flexibility index (Phi) is 4.02. The molecule has 2 N–H and O–H groups in total. The molecular weight excluding hydrogens is 148 g/mol. The molecule has 2 heteroatoms. The summed E-state index contributed by atoms with van der Waals surface area (Å²) in [6.45, 7) is 4.71. The van der Waals surface area contributed by atoms with E-state index in [1.54, 1.807) is 0 Å². The second-order valence-electron chi connectivity index (χ2n) is 4.17. The van der Waals surface area contributed by atoms with E-state index in [4.69, 9.17) is 5.73 Å². The lowest BCUT2D eigenvalue weighted by atomic mass is 9.91. The molecule has 0 spiro atoms. The fraction of sp³-hybridized carbons (Fsp3) is 1.00. The Balaban J connectivity index is 2.22. The van der Waals surface area contributed by atoms with Crippen LogP contribution in [0.4, 0.5) is 0 Å². The average Bonchev–Trinajstić information content (AvgIpc) is 2.04. The molecule has 1 aliphatic heterocycles. The van der Waals surface area contributed by atoms with Crippen LogP contribution in [-0.4, -0.2) is 31.1 Å². The Morgan fingerprint density at radius 2 is 2.33 bits per heavy atom. The lowest BCUT2D eigenvalue weighted by Gasteiger charge is -2.30. The van der Waals surface area contributed by atoms with Crippen LogP contribution in [0.3, 0.4) is 0 Å². The van der Waals surface area contributed by atoms with Gasteiger partial charge < -0.3 is 10.6 Å². The van der Waals surface area contributed by atoms with Gasteiger partial charge in [0.25, 0.3) is 0 Å². The number of hydrogen-bond acceptors (Lipinski definition) is 2. The largest absolute Gasteiger partial charge is 0.328 e. The molecule has 1 aliphatic rings. The van der Waals surface area contributed by atoms with E-state index in [9.17, 15) is 0 Å². The van der Waals surface area contributed by atoms with Crippen molar-refractivity contribution in [1.29, 1.82) is 0 Å². The first-order chi connectivity index (χ1) is 5.72. The zero-order valence-electron chi connectivity index (χ0n) is 8.42. The maximum absolute atomic E-state index is 5.93. The zero-order chi connectivity index (χ0) is 8.97. The summed E-state index contributed by atoms with van der Waals surface area (Å²) in [5, 5.41) is 0. The number of likely N-dealkylation sites (tertiary alicyclic amines) is 1. The molecular formula is C10H22N2. The lowest BCUT2D eigenvalue weighted by molar-refractivity contribution is 0.194. The number of piperidine rings is 1. The van der Waals surface area contributed by atoms with Crippen LogP contribution < -0.4 is 5.73 Å². The third kappa shape index (κ3) is 3.11. The second kappa shape index (κ2) is 4.83. The van der Waals surface area contributed by atoms with Gasteiger partial charge in [-0.3, -0.25) is 0 Å². The van der Waals surface area contributed by atoms with Crippen molar-refractivity contribution in [3.05, 3.63) is 0 Å². The monoisotopic (exact) mass is 170 g/mol. The molecule has 2 nitrogen and oxygen atoms in total. The first kappa shape index (κ1) is 10.0. The van der Waals surface area contributed by atoms with Crippen molar-refractivity contribution in [3.63, 3.8) is 0 Å². The van der Waals surface area contributed by atoms with E-state index in [-0.39, 0.29) is 0 Å². The van der Waals surface area contributed by atoms with Crippen LogP contribution in [0.1, 0.15) is 32.6 Å². The lowest BCUT2D eigenvalue weighted by Crippen LogP contribution is -2.35. The average molecular weight is 170 g/mol. The predicted octanol–water partition coefficient (Wildman–Crippen LogP) is 1.46. The summed E-state index contributed by atoms with van der Waals surface area (Å²) in [4.78, 5) is 2.43. The van der Waals surface area contributed by atoms with Gasteiger partial charge in [0.15, 0.2) is 0 Å². The molecule has 0 amide bonds. The van der Waals surface area contributed by atoms with E-state index in [1.165, 1.54) is 32.4 Å². The fourth-order valence-electron chi connectivity index (χ4n) is 2.06. The van der Waals surface area contributed by atoms with Gasteiger partial charge in [0.1, 0.15) is 0 Å². The molecule has 0 aromatic carbocycles. The van der Waals surface area contributed by atoms with E-state index < -0.39 is 0 Å². The van der Waals surface area contributed by atoms with Gasteiger partial charge in [0.2, 0.25) is 0 Å². The first-order valence-electron chi connectivity index (χ1n) is 5.16. The van der Waals surface area contributed by atoms with Crippen molar-refractivity contribution in [2.75, 3.05) is 20.1 Å². The van der Waals surface area contributed by atoms with Crippen LogP contribution >= 0.6 is 0 Å². The SMILES string of the molecule is CCC(N)CC1CCCN(C)C1. The van der Waals surface area contributed by atoms with Gasteiger partial charge in [-0.2, -0.15) is 0 Å². The van der Waals surface area contributed by atoms with Gasteiger partial charge in [0, 0.05) is 12.6 Å². The Labute approximate surface area is 76.1 Å². The predicted molar refractivity (Wildman–Crippen MR) is 53.1 cm³/mol. The third-order valence-corrected chi connectivity index (χ3v) is 2.88. The number of nitrogens with two attached hydrogens (primary N) is 1. The van der Waals surface area contributed by atoms with E-state index in [0.29, 0.717) is 6.04 Å². The van der Waals surface area contributed by atoms with Crippen LogP contribution in [0.25, 0.3) is 0 Å². The van der Waals surface area contributed by atoms with Gasteiger partial charge >= 0.3 is 0 Å². The van der Waals surface area contributed by atoms with Crippen molar-refractivity contribution >= 4 is 0 Å². The Hall–Kier alpha value is -0.0800. The minimum absolute atomic E-state index is 0.432. The number of hydrogen-bond donors (Lipinski definition) is 1. The highest BCUT2D eigenvalue weighted by atomic mass is 15.1. The normalized spacial score (nSPS) is 28.8. The molecule has 1 saturated heterocycles. The zero-order valence-corrected chi connectivity index (χ0v) is 8.42. The Bertz CT molecular complexity index is 125. The van der Waals surface area contributed by atoms with Gasteiger partial charge in [-0.15, -0.1) is 0 Å². The van der Waals surface area contributed by atoms with Gasteiger partial charge in [-0.1, -0.05) is 6.92 Å². The molecule has 2 atom stereocenters. The highest BCUT2D eigenvalue weighted by Gasteiger charge is 2.18. The van der Waals surface area contributed by atoms with Crippen LogP contribution in [-0.2, 0) is 0 Å². The molecule has 0 radical (unpaired) electrons. The van der Waals surface area contributed by atoms with E-state index in [1.807, 2.05) is 0 Å². The first-order valence-corrected chi connectivity index (χ1v) is 5.16. The summed E-state index contributed by atoms with van der Waals surface area (Å²) < 4.78 is 0. The van der Waals surface area contributed by atoms with Gasteiger partial charge in [0.05, 0.1) is 0 Å². The summed E-state index contributed by atoms with van der Waals surface area (Å²) in [6.07, 6.45) is 5.09. The van der Waals surface area contributed by atoms with E-state index >= 15 is 0 Å². The van der Waals surface area contributed by atoms with Crippen molar-refractivity contribution in [2.45, 2.75) is 38.6 Å². The van der Waals surface area contributed by atoms with Crippen LogP contribution in [0, 0.1) is 5.92 Å². The molecule has 1 rings (SSSR count). The third-order valence-electron chi connectivity index (χ3n) is 2.88. The maximum Gasteiger partial charge on any atom is 0.00393 e. The molecule has 0 saturated carbocycles. The molecule has 1 heterocycles. The summed E-state index contributed by atoms with van der Waals surface area (Å²) in [5.41, 5.74) is 5.93. The Morgan fingerprint density at radius 3 is 2.92 bits per heavy atom. The highest BCUT2D eigenvalue weighted by Crippen LogP contribution is 2.19. The van der Waals surface area contributed by atoms with Gasteiger partial charge in [-0.25, -0.2) is 0 Å². The fourth-order valence-corrected chi connectivity index (χ4v) is 2.06. The molecule has 0 aromatic rings. The molecule has 1 fully saturated rings. The summed E-state index contributed by atoms with van der Waals surface area (Å²) >= 11 is 0. The van der Waals surface area contributed by atoms with Crippen LogP contribution in [0.2, 0.25) is 0 Å². The number of nitrogens with zero attached hydrogens (tertiary/aromatic N) is 1. The number of rotatable bonds is 3. The summed E-state index contributed by atoms with van der Waals surface area (Å²) in [5.74, 6) is 0.860. The molecule has 2 unspecified atom stereocenters. The van der Waals surface area contributed by atoms with Crippen LogP contribution in [0.15, 0.2) is 0 Å². The summed E-state index contributed by atoms with van der Waals surface area (Å²) in [7, 11) is 2.21. The minimum Gasteiger partial charge on any atom is -0.328 e. The highest BCUT2D eigenvalue weighted by molar-refractivity contribution is 4.74. The van der Waals surface area contributed by atoms with Crippen molar-refractivity contribution in [3.8, 4) is 0 Å². The molecule has 0 aromatic heterocycles. The van der Waals surface area contributed by atoms with Crippen molar-refractivity contribution in [1.82, 2.24) is 4.90 Å². The molecule has 0 bridgehead atoms. The standard InChI is InChI=1S/C10H22N2/c1-3-10(11)7-9-5-4-6-12(2)8-9/h9-10H,3-8,11H2,1-2H3. The van der Waals surface area contributed by atoms with Crippen molar-refractivity contribution in [2.24, 2.45) is 11.7 Å². The molecule has 0 aliphatic carbocycles. The summed E-state index contributed by atoms with van der Waals surface area (Å²) in [6, 6.07) is 0.432. The quantitative estimate of drug-likeness (QED) is 0.694. The smallest absolute Gasteiger partial charge is 0.00393 e. The Morgan fingerprint density at radius 1 is 1.58 bits per heavy atom. The molecule has 72 valence electrons. The van der Waals surface area contributed by atoms with Crippen molar-refractivity contribution < 1.29 is 0 Å². The van der Waals surface area contributed by atoms with Gasteiger partial charge in [-0.05, 0) is 45.2 Å². The second-order valence-corrected chi connectivity index (χ2v) is 4.17. The van der Waals surface area contributed by atoms with Crippen LogP contribution in [0.5, 0.6) is 0 Å². The topological polar surface area (TPSA) is 29.3 Å². The van der Waals surface area contributed by atoms with E-state index in [0.717, 1.165) is 12.3 Å². The minimum atomic E-state index is 0.432. The van der Waals surface area contributed by atoms with E-state index in [2.05, 4.69) is 18.9 Å².